The Balaban J connectivity index is 1.41. The van der Waals surface area contributed by atoms with Crippen LogP contribution in [0, 0.1) is 6.92 Å². The fraction of sp³-hybridized carbons (Fsp3) is 0.323. The molecule has 2 heterocycles. The van der Waals surface area contributed by atoms with Crippen molar-refractivity contribution >= 4 is 23.2 Å². The standard InChI is InChI=1S/C31H37N5O3/c1-20(2)27-12-11-25(14-21(27)3)34-30(38)23-9-6-8-22(15-23)24-16-28(31(39)32-17-24)33-26-18-36(19-26)29(37)10-7-13-35(4)5/h6-12,14-17,20,26,33H,13,18-19H2,1-5H3,(H,32,39)(H,34,38). The van der Waals surface area contributed by atoms with E-state index in [1.54, 1.807) is 29.3 Å². The maximum Gasteiger partial charge on any atom is 0.271 e. The Morgan fingerprint density at radius 1 is 1.10 bits per heavy atom. The molecule has 0 atom stereocenters. The molecule has 0 aliphatic carbocycles. The van der Waals surface area contributed by atoms with Gasteiger partial charge in [-0.05, 0) is 74.0 Å². The molecule has 8 heteroatoms. The molecule has 0 unspecified atom stereocenters. The monoisotopic (exact) mass is 527 g/mol. The molecule has 1 aromatic heterocycles. The number of H-pyrrole nitrogens is 1. The second-order valence-corrected chi connectivity index (χ2v) is 10.6. The van der Waals surface area contributed by atoms with Gasteiger partial charge in [-0.25, -0.2) is 0 Å². The third-order valence-corrected chi connectivity index (χ3v) is 6.79. The summed E-state index contributed by atoms with van der Waals surface area (Å²) >= 11 is 0. The first-order valence-electron chi connectivity index (χ1n) is 13.2. The molecule has 8 nitrogen and oxygen atoms in total. The lowest BCUT2D eigenvalue weighted by Crippen LogP contribution is -2.57. The van der Waals surface area contributed by atoms with Crippen molar-refractivity contribution in [1.29, 1.82) is 0 Å². The van der Waals surface area contributed by atoms with Crippen molar-refractivity contribution in [2.45, 2.75) is 32.7 Å². The fourth-order valence-corrected chi connectivity index (χ4v) is 4.64. The normalized spacial score (nSPS) is 13.7. The van der Waals surface area contributed by atoms with E-state index in [9.17, 15) is 14.4 Å². The smallest absolute Gasteiger partial charge is 0.271 e. The number of rotatable bonds is 9. The summed E-state index contributed by atoms with van der Waals surface area (Å²) in [5.74, 6) is 0.193. The maximum atomic E-state index is 13.0. The highest BCUT2D eigenvalue weighted by Gasteiger charge is 2.29. The van der Waals surface area contributed by atoms with Crippen LogP contribution in [0.1, 0.15) is 41.3 Å². The van der Waals surface area contributed by atoms with Gasteiger partial charge in [0.1, 0.15) is 5.69 Å². The Morgan fingerprint density at radius 2 is 1.87 bits per heavy atom. The lowest BCUT2D eigenvalue weighted by molar-refractivity contribution is -0.129. The van der Waals surface area contributed by atoms with Gasteiger partial charge < -0.3 is 25.4 Å². The van der Waals surface area contributed by atoms with Gasteiger partial charge in [-0.1, -0.05) is 38.1 Å². The number of benzene rings is 2. The number of aryl methyl sites for hydroxylation is 1. The van der Waals surface area contributed by atoms with E-state index in [-0.39, 0.29) is 23.4 Å². The number of amides is 2. The van der Waals surface area contributed by atoms with Crippen LogP contribution in [0.25, 0.3) is 11.1 Å². The third-order valence-electron chi connectivity index (χ3n) is 6.79. The van der Waals surface area contributed by atoms with E-state index in [1.165, 1.54) is 5.56 Å². The van der Waals surface area contributed by atoms with Crippen LogP contribution >= 0.6 is 0 Å². The summed E-state index contributed by atoms with van der Waals surface area (Å²) in [4.78, 5) is 44.3. The molecule has 1 saturated heterocycles. The second-order valence-electron chi connectivity index (χ2n) is 10.6. The number of carbonyl (C=O) groups is 2. The quantitative estimate of drug-likeness (QED) is 0.357. The minimum Gasteiger partial charge on any atom is -0.374 e. The van der Waals surface area contributed by atoms with E-state index in [0.717, 1.165) is 22.4 Å². The first-order valence-corrected chi connectivity index (χ1v) is 13.2. The lowest BCUT2D eigenvalue weighted by atomic mass is 9.97. The maximum absolute atomic E-state index is 13.0. The van der Waals surface area contributed by atoms with Crippen molar-refractivity contribution in [3.8, 4) is 11.1 Å². The van der Waals surface area contributed by atoms with Gasteiger partial charge in [-0.3, -0.25) is 14.4 Å². The van der Waals surface area contributed by atoms with Gasteiger partial charge >= 0.3 is 0 Å². The van der Waals surface area contributed by atoms with Gasteiger partial charge in [0, 0.05) is 48.7 Å². The molecule has 0 saturated carbocycles. The first kappa shape index (κ1) is 27.9. The number of pyridine rings is 1. The van der Waals surface area contributed by atoms with Crippen molar-refractivity contribution in [3.05, 3.63) is 93.9 Å². The Labute approximate surface area is 229 Å². The molecule has 39 heavy (non-hydrogen) atoms. The predicted octanol–water partition coefficient (Wildman–Crippen LogP) is 4.47. The van der Waals surface area contributed by atoms with Crippen LogP contribution in [0.15, 0.2) is 71.7 Å². The summed E-state index contributed by atoms with van der Waals surface area (Å²) in [5, 5.41) is 6.24. The molecule has 3 N–H and O–H groups in total. The van der Waals surface area contributed by atoms with Crippen molar-refractivity contribution < 1.29 is 9.59 Å². The number of hydrogen-bond acceptors (Lipinski definition) is 5. The van der Waals surface area contributed by atoms with Crippen LogP contribution in [-0.4, -0.2) is 66.4 Å². The zero-order chi connectivity index (χ0) is 28.1. The molecule has 2 aromatic carbocycles. The molecule has 3 aromatic rings. The molecule has 204 valence electrons. The fourth-order valence-electron chi connectivity index (χ4n) is 4.64. The number of nitrogens with zero attached hydrogens (tertiary/aromatic N) is 2. The Bertz CT molecular complexity index is 1430. The van der Waals surface area contributed by atoms with E-state index >= 15 is 0 Å². The zero-order valence-electron chi connectivity index (χ0n) is 23.2. The minimum absolute atomic E-state index is 0.00444. The van der Waals surface area contributed by atoms with E-state index in [4.69, 9.17) is 0 Å². The number of carbonyl (C=O) groups excluding carboxylic acids is 2. The first-order chi connectivity index (χ1) is 18.6. The molecular formula is C31H37N5O3. The van der Waals surface area contributed by atoms with Gasteiger partial charge in [0.25, 0.3) is 11.5 Å². The summed E-state index contributed by atoms with van der Waals surface area (Å²) in [6, 6.07) is 15.1. The van der Waals surface area contributed by atoms with Crippen LogP contribution < -0.4 is 16.2 Å². The number of hydrogen-bond donors (Lipinski definition) is 3. The number of anilines is 2. The van der Waals surface area contributed by atoms with E-state index in [2.05, 4.69) is 42.5 Å². The van der Waals surface area contributed by atoms with Gasteiger partial charge in [0.15, 0.2) is 0 Å². The van der Waals surface area contributed by atoms with Gasteiger partial charge in [-0.2, -0.15) is 0 Å². The van der Waals surface area contributed by atoms with Crippen LogP contribution in [0.3, 0.4) is 0 Å². The number of nitrogens with one attached hydrogen (secondary N) is 3. The topological polar surface area (TPSA) is 97.5 Å². The molecule has 1 fully saturated rings. The number of aromatic nitrogens is 1. The van der Waals surface area contributed by atoms with E-state index < -0.39 is 0 Å². The van der Waals surface area contributed by atoms with Gasteiger partial charge in [0.05, 0.1) is 6.04 Å². The molecule has 0 radical (unpaired) electrons. The summed E-state index contributed by atoms with van der Waals surface area (Å²) in [6.07, 6.45) is 5.08. The lowest BCUT2D eigenvalue weighted by Gasteiger charge is -2.39. The molecule has 1 aliphatic heterocycles. The van der Waals surface area contributed by atoms with Crippen molar-refractivity contribution in [2.75, 3.05) is 44.4 Å². The van der Waals surface area contributed by atoms with Crippen molar-refractivity contribution in [2.24, 2.45) is 0 Å². The average molecular weight is 528 g/mol. The molecule has 4 rings (SSSR count). The van der Waals surface area contributed by atoms with Crippen LogP contribution in [0.2, 0.25) is 0 Å². The highest BCUT2D eigenvalue weighted by Crippen LogP contribution is 2.25. The molecule has 0 spiro atoms. The SMILES string of the molecule is Cc1cc(NC(=O)c2cccc(-c3c[nH]c(=O)c(NC4CN(C(=O)C=CCN(C)C)C4)c3)c2)ccc1C(C)C. The zero-order valence-corrected chi connectivity index (χ0v) is 23.2. The Kier molecular flexibility index (Phi) is 8.66. The van der Waals surface area contributed by atoms with E-state index in [1.807, 2.05) is 55.4 Å². The number of likely N-dealkylation sites (tertiary alicyclic amines) is 1. The minimum atomic E-state index is -0.233. The predicted molar refractivity (Wildman–Crippen MR) is 157 cm³/mol. The molecule has 0 bridgehead atoms. The van der Waals surface area contributed by atoms with Crippen LogP contribution in [-0.2, 0) is 4.79 Å². The Morgan fingerprint density at radius 3 is 2.56 bits per heavy atom. The summed E-state index contributed by atoms with van der Waals surface area (Å²) in [6.45, 7) is 8.12. The van der Waals surface area contributed by atoms with Crippen LogP contribution in [0.4, 0.5) is 11.4 Å². The third kappa shape index (κ3) is 7.03. The summed E-state index contributed by atoms with van der Waals surface area (Å²) in [5.41, 5.74) is 5.47. The van der Waals surface area contributed by atoms with E-state index in [0.29, 0.717) is 36.8 Å². The molecule has 2 amide bonds. The largest absolute Gasteiger partial charge is 0.374 e. The highest BCUT2D eigenvalue weighted by atomic mass is 16.2. The van der Waals surface area contributed by atoms with Gasteiger partial charge in [0.2, 0.25) is 5.91 Å². The van der Waals surface area contributed by atoms with Crippen LogP contribution in [0.5, 0.6) is 0 Å². The number of aromatic amines is 1. The Hall–Kier alpha value is -4.17. The number of likely N-dealkylation sites (N-methyl/N-ethyl adjacent to an activating group) is 1. The van der Waals surface area contributed by atoms with Crippen molar-refractivity contribution in [3.63, 3.8) is 0 Å². The van der Waals surface area contributed by atoms with Crippen molar-refractivity contribution in [1.82, 2.24) is 14.8 Å². The summed E-state index contributed by atoms with van der Waals surface area (Å²) < 4.78 is 0. The highest BCUT2D eigenvalue weighted by molar-refractivity contribution is 6.05. The molecular weight excluding hydrogens is 490 g/mol. The summed E-state index contributed by atoms with van der Waals surface area (Å²) in [7, 11) is 3.89. The molecule has 1 aliphatic rings. The van der Waals surface area contributed by atoms with Gasteiger partial charge in [-0.15, -0.1) is 0 Å². The average Bonchev–Trinajstić information content (AvgIpc) is 2.86. The second kappa shape index (κ2) is 12.1.